The van der Waals surface area contributed by atoms with E-state index in [1.807, 2.05) is 36.1 Å². The first-order valence-corrected chi connectivity index (χ1v) is 9.24. The molecule has 0 saturated carbocycles. The van der Waals surface area contributed by atoms with Crippen molar-refractivity contribution in [3.63, 3.8) is 0 Å². The molecule has 134 valence electrons. The van der Waals surface area contributed by atoms with Crippen molar-refractivity contribution >= 4 is 17.1 Å². The van der Waals surface area contributed by atoms with Crippen molar-refractivity contribution < 1.29 is 4.79 Å². The minimum Gasteiger partial charge on any atom is -0.338 e. The molecule has 4 rings (SSSR count). The van der Waals surface area contributed by atoms with Crippen molar-refractivity contribution in [1.29, 1.82) is 0 Å². The lowest BCUT2D eigenvalue weighted by molar-refractivity contribution is 0.192. The number of imidazole rings is 1. The summed E-state index contributed by atoms with van der Waals surface area (Å²) in [6, 6.07) is 16.6. The fourth-order valence-corrected chi connectivity index (χ4v) is 3.69. The maximum absolute atomic E-state index is 12.4. The van der Waals surface area contributed by atoms with Gasteiger partial charge in [-0.15, -0.1) is 0 Å². The van der Waals surface area contributed by atoms with Gasteiger partial charge < -0.3 is 14.8 Å². The van der Waals surface area contributed by atoms with Gasteiger partial charge >= 0.3 is 6.03 Å². The highest BCUT2D eigenvalue weighted by molar-refractivity contribution is 5.76. The largest absolute Gasteiger partial charge is 0.338 e. The lowest BCUT2D eigenvalue weighted by Gasteiger charge is -2.29. The Morgan fingerprint density at radius 2 is 1.88 bits per heavy atom. The van der Waals surface area contributed by atoms with E-state index in [9.17, 15) is 4.79 Å². The molecule has 0 fully saturated rings. The molecule has 1 aliphatic heterocycles. The van der Waals surface area contributed by atoms with Crippen molar-refractivity contribution in [2.75, 3.05) is 13.1 Å². The van der Waals surface area contributed by atoms with Gasteiger partial charge in [0.25, 0.3) is 0 Å². The van der Waals surface area contributed by atoms with Gasteiger partial charge in [0.2, 0.25) is 0 Å². The molecule has 0 spiro atoms. The Hall–Kier alpha value is -2.82. The second-order valence-corrected chi connectivity index (χ2v) is 6.83. The molecule has 2 aromatic carbocycles. The molecular formula is C21H24N4O. The van der Waals surface area contributed by atoms with Crippen LogP contribution in [0.4, 0.5) is 4.79 Å². The number of hydrogen-bond acceptors (Lipinski definition) is 2. The first kappa shape index (κ1) is 16.6. The van der Waals surface area contributed by atoms with Crippen LogP contribution in [0.3, 0.4) is 0 Å². The lowest BCUT2D eigenvalue weighted by Crippen LogP contribution is -2.43. The van der Waals surface area contributed by atoms with Crippen LogP contribution in [0.5, 0.6) is 0 Å². The Kier molecular flexibility index (Phi) is 4.61. The molecule has 5 heteroatoms. The molecule has 2 heterocycles. The highest BCUT2D eigenvalue weighted by atomic mass is 16.2. The van der Waals surface area contributed by atoms with Gasteiger partial charge in [0.15, 0.2) is 0 Å². The maximum atomic E-state index is 12.4. The van der Waals surface area contributed by atoms with Crippen LogP contribution in [0.25, 0.3) is 11.0 Å². The van der Waals surface area contributed by atoms with Gasteiger partial charge in [-0.1, -0.05) is 36.4 Å². The molecule has 1 N–H and O–H groups in total. The molecule has 0 atom stereocenters. The second kappa shape index (κ2) is 7.20. The van der Waals surface area contributed by atoms with Crippen LogP contribution in [0.2, 0.25) is 0 Å². The Bertz CT molecular complexity index is 931. The molecule has 5 nitrogen and oxygen atoms in total. The summed E-state index contributed by atoms with van der Waals surface area (Å²) in [5, 5.41) is 3.07. The molecule has 0 bridgehead atoms. The Balaban J connectivity index is 1.30. The lowest BCUT2D eigenvalue weighted by atomic mass is 10.0. The number of carbonyl (C=O) groups excluding carboxylic acids is 1. The summed E-state index contributed by atoms with van der Waals surface area (Å²) in [4.78, 5) is 18.9. The summed E-state index contributed by atoms with van der Waals surface area (Å²) in [7, 11) is 0. The fourth-order valence-electron chi connectivity index (χ4n) is 3.69. The first-order chi connectivity index (χ1) is 12.7. The topological polar surface area (TPSA) is 50.2 Å². The molecule has 0 radical (unpaired) electrons. The number of carbonyl (C=O) groups is 1. The summed E-state index contributed by atoms with van der Waals surface area (Å²) in [5.74, 6) is 1.02. The third-order valence-corrected chi connectivity index (χ3v) is 5.10. The monoisotopic (exact) mass is 348 g/mol. The van der Waals surface area contributed by atoms with E-state index in [0.717, 1.165) is 42.8 Å². The number of hydrogen-bond donors (Lipinski definition) is 1. The molecule has 26 heavy (non-hydrogen) atoms. The van der Waals surface area contributed by atoms with Crippen LogP contribution in [-0.4, -0.2) is 33.6 Å². The zero-order valence-electron chi connectivity index (χ0n) is 15.1. The van der Waals surface area contributed by atoms with Gasteiger partial charge in [-0.3, -0.25) is 0 Å². The Morgan fingerprint density at radius 1 is 1.12 bits per heavy atom. The Morgan fingerprint density at radius 3 is 2.77 bits per heavy atom. The number of aryl methyl sites for hydroxylation is 2. The van der Waals surface area contributed by atoms with E-state index in [1.165, 1.54) is 11.1 Å². The third-order valence-electron chi connectivity index (χ3n) is 5.10. The molecule has 2 amide bonds. The maximum Gasteiger partial charge on any atom is 0.317 e. The van der Waals surface area contributed by atoms with E-state index in [4.69, 9.17) is 0 Å². The number of aromatic nitrogens is 2. The van der Waals surface area contributed by atoms with Gasteiger partial charge in [0, 0.05) is 26.2 Å². The third kappa shape index (κ3) is 3.29. The minimum atomic E-state index is 0.0340. The van der Waals surface area contributed by atoms with Crippen LogP contribution < -0.4 is 5.32 Å². The van der Waals surface area contributed by atoms with E-state index >= 15 is 0 Å². The molecule has 0 aliphatic carbocycles. The van der Waals surface area contributed by atoms with Gasteiger partial charge in [0.05, 0.1) is 11.0 Å². The quantitative estimate of drug-likeness (QED) is 0.734. The highest BCUT2D eigenvalue weighted by Gasteiger charge is 2.19. The van der Waals surface area contributed by atoms with Crippen molar-refractivity contribution in [3.8, 4) is 0 Å². The summed E-state index contributed by atoms with van der Waals surface area (Å²) in [6.07, 6.45) is 1.82. The number of nitrogens with one attached hydrogen (secondary N) is 1. The smallest absolute Gasteiger partial charge is 0.317 e. The SMILES string of the molecule is Cc1nc2ccccc2n1CCCNC(=O)N1CCc2ccccc2C1. The molecule has 0 unspecified atom stereocenters. The predicted octanol–water partition coefficient (Wildman–Crippen LogP) is 3.50. The van der Waals surface area contributed by atoms with E-state index in [0.29, 0.717) is 13.1 Å². The predicted molar refractivity (Wildman–Crippen MR) is 103 cm³/mol. The summed E-state index contributed by atoms with van der Waals surface area (Å²) < 4.78 is 2.22. The second-order valence-electron chi connectivity index (χ2n) is 6.83. The molecule has 0 saturated heterocycles. The Labute approximate surface area is 153 Å². The number of amides is 2. The van der Waals surface area contributed by atoms with Crippen LogP contribution in [0, 0.1) is 6.92 Å². The van der Waals surface area contributed by atoms with Crippen molar-refractivity contribution in [2.45, 2.75) is 32.9 Å². The highest BCUT2D eigenvalue weighted by Crippen LogP contribution is 2.18. The molecule has 3 aromatic rings. The van der Waals surface area contributed by atoms with Crippen molar-refractivity contribution in [1.82, 2.24) is 19.8 Å². The normalized spacial score (nSPS) is 13.7. The number of benzene rings is 2. The van der Waals surface area contributed by atoms with E-state index in [1.54, 1.807) is 0 Å². The number of urea groups is 1. The first-order valence-electron chi connectivity index (χ1n) is 9.24. The number of rotatable bonds is 4. The fraction of sp³-hybridized carbons (Fsp3) is 0.333. The van der Waals surface area contributed by atoms with Crippen LogP contribution in [0.15, 0.2) is 48.5 Å². The number of para-hydroxylation sites is 2. The van der Waals surface area contributed by atoms with E-state index in [2.05, 4.69) is 39.1 Å². The molecular weight excluding hydrogens is 324 g/mol. The zero-order chi connectivity index (χ0) is 17.9. The number of nitrogens with zero attached hydrogens (tertiary/aromatic N) is 3. The van der Waals surface area contributed by atoms with Gasteiger partial charge in [-0.25, -0.2) is 9.78 Å². The van der Waals surface area contributed by atoms with Gasteiger partial charge in [-0.05, 0) is 43.0 Å². The number of fused-ring (bicyclic) bond motifs is 2. The van der Waals surface area contributed by atoms with Gasteiger partial charge in [-0.2, -0.15) is 0 Å². The molecule has 1 aromatic heterocycles. The minimum absolute atomic E-state index is 0.0340. The summed E-state index contributed by atoms with van der Waals surface area (Å²) >= 11 is 0. The zero-order valence-corrected chi connectivity index (χ0v) is 15.1. The average molecular weight is 348 g/mol. The van der Waals surface area contributed by atoms with Crippen molar-refractivity contribution in [2.24, 2.45) is 0 Å². The average Bonchev–Trinajstić information content (AvgIpc) is 3.00. The van der Waals surface area contributed by atoms with Crippen LogP contribution >= 0.6 is 0 Å². The summed E-state index contributed by atoms with van der Waals surface area (Å²) in [5.41, 5.74) is 4.80. The summed E-state index contributed by atoms with van der Waals surface area (Å²) in [6.45, 7) is 5.05. The standard InChI is InChI=1S/C21H24N4O/c1-16-23-19-9-4-5-10-20(19)25(16)13-6-12-22-21(26)24-14-11-17-7-2-3-8-18(17)15-24/h2-5,7-10H,6,11-15H2,1H3,(H,22,26). The van der Waals surface area contributed by atoms with E-state index in [-0.39, 0.29) is 6.03 Å². The van der Waals surface area contributed by atoms with Crippen molar-refractivity contribution in [3.05, 3.63) is 65.5 Å². The van der Waals surface area contributed by atoms with E-state index < -0.39 is 0 Å². The van der Waals surface area contributed by atoms with Gasteiger partial charge in [0.1, 0.15) is 5.82 Å². The van der Waals surface area contributed by atoms with Crippen LogP contribution in [0.1, 0.15) is 23.4 Å². The van der Waals surface area contributed by atoms with Crippen LogP contribution in [-0.2, 0) is 19.5 Å². The molecule has 1 aliphatic rings.